The Bertz CT molecular complexity index is 736. The van der Waals surface area contributed by atoms with Crippen molar-refractivity contribution in [3.8, 4) is 0 Å². The Morgan fingerprint density at radius 2 is 1.94 bits per heavy atom. The highest BCUT2D eigenvalue weighted by Gasteiger charge is 2.41. The molecule has 1 aromatic heterocycles. The summed E-state index contributed by atoms with van der Waals surface area (Å²) in [6.07, 6.45) is 0.125. The quantitative estimate of drug-likeness (QED) is 0.693. The van der Waals surface area contributed by atoms with E-state index < -0.39 is 12.1 Å². The van der Waals surface area contributed by atoms with E-state index >= 15 is 0 Å². The maximum absolute atomic E-state index is 12.0. The highest BCUT2D eigenvalue weighted by Crippen LogP contribution is 2.34. The number of alkyl halides is 3. The van der Waals surface area contributed by atoms with E-state index in [9.17, 15) is 18.0 Å². The molecule has 3 aliphatic heterocycles. The molecule has 180 valence electrons. The van der Waals surface area contributed by atoms with Crippen LogP contribution in [0.5, 0.6) is 0 Å². The SMILES string of the molecule is O=C(NC[C@@H]1OC[C@H]2CN(CC3CCOCC3)CC[C@H]21)c1ccco1.O=C(O)C(F)(F)F. The van der Waals surface area contributed by atoms with Gasteiger partial charge in [0.15, 0.2) is 5.76 Å². The van der Waals surface area contributed by atoms with Crippen molar-refractivity contribution < 1.29 is 41.8 Å². The highest BCUT2D eigenvalue weighted by atomic mass is 19.4. The Morgan fingerprint density at radius 3 is 2.56 bits per heavy atom. The summed E-state index contributed by atoms with van der Waals surface area (Å²) < 4.78 is 48.4. The molecule has 11 heteroatoms. The first-order valence-electron chi connectivity index (χ1n) is 10.8. The fourth-order valence-corrected chi connectivity index (χ4v) is 4.52. The summed E-state index contributed by atoms with van der Waals surface area (Å²) in [6, 6.07) is 3.41. The average molecular weight is 462 g/mol. The smallest absolute Gasteiger partial charge is 0.475 e. The van der Waals surface area contributed by atoms with Crippen LogP contribution in [-0.2, 0) is 14.3 Å². The van der Waals surface area contributed by atoms with Gasteiger partial charge in [-0.3, -0.25) is 4.79 Å². The van der Waals surface area contributed by atoms with Gasteiger partial charge in [0.25, 0.3) is 5.91 Å². The molecule has 0 aliphatic carbocycles. The molecule has 0 aromatic carbocycles. The first kappa shape index (κ1) is 24.5. The molecule has 0 bridgehead atoms. The van der Waals surface area contributed by atoms with Gasteiger partial charge in [-0.05, 0) is 49.8 Å². The number of carboxylic acids is 1. The van der Waals surface area contributed by atoms with Gasteiger partial charge in [-0.15, -0.1) is 0 Å². The van der Waals surface area contributed by atoms with E-state index in [0.717, 1.165) is 45.2 Å². The second-order valence-corrected chi connectivity index (χ2v) is 8.39. The lowest BCUT2D eigenvalue weighted by atomic mass is 9.83. The molecule has 2 N–H and O–H groups in total. The standard InChI is InChI=1S/C19H28N2O4.C2HF3O2/c22-19(17-2-1-7-24-17)20-10-18-16-3-6-21(12-15(16)13-25-18)11-14-4-8-23-9-5-14;3-2(4,5)1(6)7/h1-2,7,14-16,18H,3-6,8-13H2,(H,20,22);(H,6,7)/t15-,16-,18+;/m1./s1. The Labute approximate surface area is 184 Å². The Balaban J connectivity index is 0.000000360. The molecule has 1 aromatic rings. The van der Waals surface area contributed by atoms with Crippen LogP contribution in [0.1, 0.15) is 29.8 Å². The summed E-state index contributed by atoms with van der Waals surface area (Å²) in [4.78, 5) is 23.5. The van der Waals surface area contributed by atoms with E-state index in [4.69, 9.17) is 23.8 Å². The summed E-state index contributed by atoms with van der Waals surface area (Å²) in [7, 11) is 0. The van der Waals surface area contributed by atoms with Crippen molar-refractivity contribution in [2.45, 2.75) is 31.5 Å². The molecule has 0 radical (unpaired) electrons. The third kappa shape index (κ3) is 6.94. The maximum atomic E-state index is 12.0. The number of nitrogens with one attached hydrogen (secondary N) is 1. The minimum atomic E-state index is -5.08. The lowest BCUT2D eigenvalue weighted by Gasteiger charge is -2.38. The van der Waals surface area contributed by atoms with Crippen LogP contribution in [-0.4, -0.2) is 80.2 Å². The number of aliphatic carboxylic acids is 1. The van der Waals surface area contributed by atoms with Gasteiger partial charge in [-0.25, -0.2) is 4.79 Å². The van der Waals surface area contributed by atoms with E-state index in [1.807, 2.05) is 0 Å². The fraction of sp³-hybridized carbons (Fsp3) is 0.714. The van der Waals surface area contributed by atoms with Gasteiger partial charge in [-0.1, -0.05) is 0 Å². The lowest BCUT2D eigenvalue weighted by molar-refractivity contribution is -0.192. The van der Waals surface area contributed by atoms with Crippen molar-refractivity contribution in [2.75, 3.05) is 46.0 Å². The van der Waals surface area contributed by atoms with Crippen LogP contribution in [0.4, 0.5) is 13.2 Å². The van der Waals surface area contributed by atoms with Crippen LogP contribution in [0, 0.1) is 17.8 Å². The van der Waals surface area contributed by atoms with Gasteiger partial charge in [0.2, 0.25) is 0 Å². The minimum Gasteiger partial charge on any atom is -0.475 e. The molecule has 0 unspecified atom stereocenters. The van der Waals surface area contributed by atoms with E-state index in [0.29, 0.717) is 24.1 Å². The average Bonchev–Trinajstić information content (AvgIpc) is 3.43. The Morgan fingerprint density at radius 1 is 1.22 bits per heavy atom. The molecule has 0 spiro atoms. The van der Waals surface area contributed by atoms with Crippen molar-refractivity contribution in [1.29, 1.82) is 0 Å². The normalized spacial score (nSPS) is 26.7. The van der Waals surface area contributed by atoms with Crippen LogP contribution in [0.3, 0.4) is 0 Å². The zero-order chi connectivity index (χ0) is 23.1. The zero-order valence-electron chi connectivity index (χ0n) is 17.7. The first-order chi connectivity index (χ1) is 15.2. The number of fused-ring (bicyclic) bond motifs is 1. The predicted molar refractivity (Wildman–Crippen MR) is 106 cm³/mol. The fourth-order valence-electron chi connectivity index (χ4n) is 4.52. The van der Waals surface area contributed by atoms with Crippen molar-refractivity contribution >= 4 is 11.9 Å². The third-order valence-electron chi connectivity index (χ3n) is 6.19. The topological polar surface area (TPSA) is 101 Å². The van der Waals surface area contributed by atoms with Gasteiger partial charge >= 0.3 is 12.1 Å². The lowest BCUT2D eigenvalue weighted by Crippen LogP contribution is -2.45. The van der Waals surface area contributed by atoms with Gasteiger partial charge in [0.1, 0.15) is 0 Å². The van der Waals surface area contributed by atoms with E-state index in [-0.39, 0.29) is 12.0 Å². The Hall–Kier alpha value is -2.11. The Kier molecular flexibility index (Phi) is 8.55. The first-order valence-corrected chi connectivity index (χ1v) is 10.8. The monoisotopic (exact) mass is 462 g/mol. The molecule has 0 saturated carbocycles. The van der Waals surface area contributed by atoms with Gasteiger partial charge in [-0.2, -0.15) is 13.2 Å². The molecule has 4 heterocycles. The number of carbonyl (C=O) groups is 2. The van der Waals surface area contributed by atoms with Gasteiger partial charge in [0, 0.05) is 38.8 Å². The molecule has 3 fully saturated rings. The third-order valence-corrected chi connectivity index (χ3v) is 6.19. The molecule has 8 nitrogen and oxygen atoms in total. The van der Waals surface area contributed by atoms with Crippen molar-refractivity contribution in [3.63, 3.8) is 0 Å². The molecule has 4 rings (SSSR count). The summed E-state index contributed by atoms with van der Waals surface area (Å²) in [5.74, 6) is -0.611. The summed E-state index contributed by atoms with van der Waals surface area (Å²) in [6.45, 7) is 6.70. The summed E-state index contributed by atoms with van der Waals surface area (Å²) in [5.41, 5.74) is 0. The number of piperidine rings is 1. The van der Waals surface area contributed by atoms with Crippen LogP contribution in [0.2, 0.25) is 0 Å². The molecule has 3 atom stereocenters. The minimum absolute atomic E-state index is 0.133. The van der Waals surface area contributed by atoms with Crippen LogP contribution in [0.25, 0.3) is 0 Å². The second-order valence-electron chi connectivity index (χ2n) is 8.39. The van der Waals surface area contributed by atoms with Crippen LogP contribution < -0.4 is 5.32 Å². The van der Waals surface area contributed by atoms with E-state index in [1.165, 1.54) is 25.6 Å². The number of ether oxygens (including phenoxy) is 2. The van der Waals surface area contributed by atoms with E-state index in [1.54, 1.807) is 12.1 Å². The number of furan rings is 1. The predicted octanol–water partition coefficient (Wildman–Crippen LogP) is 2.41. The number of carboxylic acid groups (broad SMARTS) is 1. The molecule has 3 aliphatic rings. The summed E-state index contributed by atoms with van der Waals surface area (Å²) in [5, 5.41) is 10.1. The van der Waals surface area contributed by atoms with Gasteiger partial charge in [0.05, 0.1) is 19.0 Å². The number of rotatable bonds is 5. The highest BCUT2D eigenvalue weighted by molar-refractivity contribution is 5.91. The van der Waals surface area contributed by atoms with E-state index in [2.05, 4.69) is 10.2 Å². The molecular formula is C21H29F3N2O6. The number of hydrogen-bond donors (Lipinski definition) is 2. The largest absolute Gasteiger partial charge is 0.490 e. The second kappa shape index (κ2) is 11.2. The van der Waals surface area contributed by atoms with Crippen LogP contribution in [0.15, 0.2) is 22.8 Å². The number of likely N-dealkylation sites (tertiary alicyclic amines) is 1. The van der Waals surface area contributed by atoms with Crippen molar-refractivity contribution in [3.05, 3.63) is 24.2 Å². The molecule has 32 heavy (non-hydrogen) atoms. The number of halogens is 3. The number of hydrogen-bond acceptors (Lipinski definition) is 6. The van der Waals surface area contributed by atoms with Gasteiger partial charge < -0.3 is 29.2 Å². The number of nitrogens with zero attached hydrogens (tertiary/aromatic N) is 1. The molecule has 1 amide bonds. The van der Waals surface area contributed by atoms with Crippen molar-refractivity contribution in [1.82, 2.24) is 10.2 Å². The molecule has 3 saturated heterocycles. The maximum Gasteiger partial charge on any atom is 0.490 e. The van der Waals surface area contributed by atoms with Crippen molar-refractivity contribution in [2.24, 2.45) is 17.8 Å². The number of carbonyl (C=O) groups excluding carboxylic acids is 1. The number of amides is 1. The summed E-state index contributed by atoms with van der Waals surface area (Å²) >= 11 is 0. The zero-order valence-corrected chi connectivity index (χ0v) is 17.7. The molecular weight excluding hydrogens is 433 g/mol. The van der Waals surface area contributed by atoms with Crippen LogP contribution >= 0.6 is 0 Å².